The van der Waals surface area contributed by atoms with Gasteiger partial charge in [-0.15, -0.1) is 0 Å². The van der Waals surface area contributed by atoms with Crippen LogP contribution in [0.15, 0.2) is 12.4 Å². The minimum absolute atomic E-state index is 0.226. The molecular formula is C13H22N4O. The second-order valence-corrected chi connectivity index (χ2v) is 4.91. The van der Waals surface area contributed by atoms with Crippen LogP contribution in [0.25, 0.3) is 0 Å². The average molecular weight is 250 g/mol. The largest absolute Gasteiger partial charge is 0.395 e. The van der Waals surface area contributed by atoms with E-state index in [1.807, 2.05) is 13.1 Å². The van der Waals surface area contributed by atoms with Crippen LogP contribution in [0.3, 0.4) is 0 Å². The molecule has 100 valence electrons. The lowest BCUT2D eigenvalue weighted by atomic mass is 10.0. The van der Waals surface area contributed by atoms with Crippen LogP contribution in [-0.4, -0.2) is 45.7 Å². The van der Waals surface area contributed by atoms with Crippen molar-refractivity contribution in [2.24, 2.45) is 5.92 Å². The van der Waals surface area contributed by atoms with Crippen LogP contribution in [0.2, 0.25) is 0 Å². The van der Waals surface area contributed by atoms with Crippen LogP contribution in [0.4, 0.5) is 5.82 Å². The Balaban J connectivity index is 1.96. The molecule has 2 atom stereocenters. The van der Waals surface area contributed by atoms with Gasteiger partial charge < -0.3 is 10.4 Å². The van der Waals surface area contributed by atoms with Crippen molar-refractivity contribution in [3.05, 3.63) is 18.1 Å². The fraction of sp³-hybridized carbons (Fsp3) is 0.692. The fourth-order valence-corrected chi connectivity index (χ4v) is 2.50. The molecule has 0 aliphatic carbocycles. The van der Waals surface area contributed by atoms with E-state index in [2.05, 4.69) is 27.1 Å². The molecule has 0 spiro atoms. The monoisotopic (exact) mass is 250 g/mol. The molecular weight excluding hydrogens is 228 g/mol. The van der Waals surface area contributed by atoms with Crippen molar-refractivity contribution in [2.45, 2.75) is 32.9 Å². The van der Waals surface area contributed by atoms with Crippen LogP contribution in [0.5, 0.6) is 0 Å². The summed E-state index contributed by atoms with van der Waals surface area (Å²) in [5, 5.41) is 12.5. The molecule has 2 rings (SSSR count). The van der Waals surface area contributed by atoms with Gasteiger partial charge >= 0.3 is 0 Å². The predicted octanol–water partition coefficient (Wildman–Crippen LogP) is 1.11. The van der Waals surface area contributed by atoms with Crippen molar-refractivity contribution in [1.82, 2.24) is 14.9 Å². The summed E-state index contributed by atoms with van der Waals surface area (Å²) in [6.07, 6.45) is 4.73. The van der Waals surface area contributed by atoms with E-state index in [0.29, 0.717) is 5.92 Å². The molecule has 1 aliphatic rings. The lowest BCUT2D eigenvalue weighted by Crippen LogP contribution is -2.34. The van der Waals surface area contributed by atoms with Gasteiger partial charge in [-0.2, -0.15) is 0 Å². The molecule has 2 heterocycles. The number of likely N-dealkylation sites (tertiary alicyclic amines) is 1. The highest BCUT2D eigenvalue weighted by molar-refractivity contribution is 5.30. The number of aliphatic hydroxyl groups excluding tert-OH is 1. The Labute approximate surface area is 108 Å². The van der Waals surface area contributed by atoms with Crippen molar-refractivity contribution in [2.75, 3.05) is 25.0 Å². The first-order valence-electron chi connectivity index (χ1n) is 6.64. The molecule has 5 heteroatoms. The highest BCUT2D eigenvalue weighted by atomic mass is 16.3. The standard InChI is InChI=1S/C13H22N4O/c1-3-14-13-7-15-11(6-16-13)8-17-5-4-10(2)12(17)9-18/h6-7,10,12,18H,3-5,8-9H2,1-2H3,(H,14,16). The van der Waals surface area contributed by atoms with Gasteiger partial charge in [0, 0.05) is 19.1 Å². The van der Waals surface area contributed by atoms with Gasteiger partial charge in [0.05, 0.1) is 24.7 Å². The summed E-state index contributed by atoms with van der Waals surface area (Å²) in [5.74, 6) is 1.37. The van der Waals surface area contributed by atoms with Gasteiger partial charge in [-0.1, -0.05) is 6.92 Å². The minimum atomic E-state index is 0.226. The average Bonchev–Trinajstić information content (AvgIpc) is 2.72. The van der Waals surface area contributed by atoms with Crippen LogP contribution in [0.1, 0.15) is 26.0 Å². The summed E-state index contributed by atoms with van der Waals surface area (Å²) in [6, 6.07) is 0.264. The number of anilines is 1. The van der Waals surface area contributed by atoms with Gasteiger partial charge in [0.2, 0.25) is 0 Å². The van der Waals surface area contributed by atoms with Gasteiger partial charge in [0.15, 0.2) is 0 Å². The Morgan fingerprint density at radius 3 is 2.89 bits per heavy atom. The maximum absolute atomic E-state index is 9.41. The van der Waals surface area contributed by atoms with E-state index in [4.69, 9.17) is 0 Å². The van der Waals surface area contributed by atoms with Gasteiger partial charge in [0.1, 0.15) is 5.82 Å². The van der Waals surface area contributed by atoms with E-state index in [1.54, 1.807) is 6.20 Å². The third-order valence-corrected chi connectivity index (χ3v) is 3.61. The lowest BCUT2D eigenvalue weighted by Gasteiger charge is -2.24. The quantitative estimate of drug-likeness (QED) is 0.820. The summed E-state index contributed by atoms with van der Waals surface area (Å²) in [4.78, 5) is 11.0. The normalized spacial score (nSPS) is 24.4. The maximum Gasteiger partial charge on any atom is 0.144 e. The van der Waals surface area contributed by atoms with Crippen LogP contribution in [-0.2, 0) is 6.54 Å². The molecule has 0 bridgehead atoms. The Morgan fingerprint density at radius 2 is 2.28 bits per heavy atom. The summed E-state index contributed by atoms with van der Waals surface area (Å²) in [6.45, 7) is 7.11. The van der Waals surface area contributed by atoms with Crippen LogP contribution >= 0.6 is 0 Å². The predicted molar refractivity (Wildman–Crippen MR) is 71.3 cm³/mol. The lowest BCUT2D eigenvalue weighted by molar-refractivity contribution is 0.133. The van der Waals surface area contributed by atoms with E-state index in [-0.39, 0.29) is 12.6 Å². The van der Waals surface area contributed by atoms with Gasteiger partial charge in [-0.25, -0.2) is 4.98 Å². The zero-order chi connectivity index (χ0) is 13.0. The third-order valence-electron chi connectivity index (χ3n) is 3.61. The molecule has 1 aromatic heterocycles. The molecule has 0 radical (unpaired) electrons. The summed E-state index contributed by atoms with van der Waals surface area (Å²) in [5.41, 5.74) is 0.962. The molecule has 0 amide bonds. The number of rotatable bonds is 5. The SMILES string of the molecule is CCNc1cnc(CN2CCC(C)C2CO)cn1. The molecule has 5 nitrogen and oxygen atoms in total. The molecule has 1 saturated heterocycles. The van der Waals surface area contributed by atoms with E-state index in [1.165, 1.54) is 0 Å². The first-order chi connectivity index (χ1) is 8.74. The van der Waals surface area contributed by atoms with Crippen LogP contribution in [0, 0.1) is 5.92 Å². The molecule has 2 N–H and O–H groups in total. The Bertz CT molecular complexity index is 368. The summed E-state index contributed by atoms with van der Waals surface area (Å²) >= 11 is 0. The number of aliphatic hydroxyl groups is 1. The van der Waals surface area contributed by atoms with Crippen molar-refractivity contribution in [3.63, 3.8) is 0 Å². The van der Waals surface area contributed by atoms with Crippen molar-refractivity contribution < 1.29 is 5.11 Å². The van der Waals surface area contributed by atoms with E-state index >= 15 is 0 Å². The second-order valence-electron chi connectivity index (χ2n) is 4.91. The molecule has 0 aromatic carbocycles. The zero-order valence-corrected chi connectivity index (χ0v) is 11.1. The Morgan fingerprint density at radius 1 is 1.44 bits per heavy atom. The second kappa shape index (κ2) is 6.11. The zero-order valence-electron chi connectivity index (χ0n) is 11.1. The minimum Gasteiger partial charge on any atom is -0.395 e. The Kier molecular flexibility index (Phi) is 4.49. The smallest absolute Gasteiger partial charge is 0.144 e. The molecule has 1 aromatic rings. The van der Waals surface area contributed by atoms with Crippen LogP contribution < -0.4 is 5.32 Å². The van der Waals surface area contributed by atoms with E-state index in [9.17, 15) is 5.11 Å². The van der Waals surface area contributed by atoms with E-state index in [0.717, 1.165) is 37.6 Å². The molecule has 2 unspecified atom stereocenters. The number of hydrogen-bond acceptors (Lipinski definition) is 5. The number of nitrogens with zero attached hydrogens (tertiary/aromatic N) is 3. The van der Waals surface area contributed by atoms with Gasteiger partial charge in [0.25, 0.3) is 0 Å². The highest BCUT2D eigenvalue weighted by Crippen LogP contribution is 2.24. The third kappa shape index (κ3) is 2.97. The van der Waals surface area contributed by atoms with Gasteiger partial charge in [-0.3, -0.25) is 9.88 Å². The number of nitrogens with one attached hydrogen (secondary N) is 1. The van der Waals surface area contributed by atoms with Crippen molar-refractivity contribution >= 4 is 5.82 Å². The fourth-order valence-electron chi connectivity index (χ4n) is 2.50. The first-order valence-corrected chi connectivity index (χ1v) is 6.64. The summed E-state index contributed by atoms with van der Waals surface area (Å²) in [7, 11) is 0. The molecule has 1 fully saturated rings. The van der Waals surface area contributed by atoms with Crippen molar-refractivity contribution in [1.29, 1.82) is 0 Å². The van der Waals surface area contributed by atoms with E-state index < -0.39 is 0 Å². The van der Waals surface area contributed by atoms with Crippen molar-refractivity contribution in [3.8, 4) is 0 Å². The first kappa shape index (κ1) is 13.2. The van der Waals surface area contributed by atoms with Gasteiger partial charge in [-0.05, 0) is 25.8 Å². The Hall–Kier alpha value is -1.20. The molecule has 18 heavy (non-hydrogen) atoms. The number of aromatic nitrogens is 2. The highest BCUT2D eigenvalue weighted by Gasteiger charge is 2.30. The topological polar surface area (TPSA) is 61.3 Å². The maximum atomic E-state index is 9.41. The molecule has 1 aliphatic heterocycles. The number of hydrogen-bond donors (Lipinski definition) is 2. The molecule has 0 saturated carbocycles. The summed E-state index contributed by atoms with van der Waals surface area (Å²) < 4.78 is 0.